The van der Waals surface area contributed by atoms with Crippen molar-refractivity contribution in [3.8, 4) is 11.5 Å². The Morgan fingerprint density at radius 2 is 1.84 bits per heavy atom. The normalized spacial score (nSPS) is 10.9. The lowest BCUT2D eigenvalue weighted by Gasteiger charge is -2.19. The Balaban J connectivity index is 1.71. The number of carbonyl (C=O) groups excluding carboxylic acids is 1. The molecule has 0 saturated carbocycles. The number of aromatic nitrogens is 2. The molecule has 2 heterocycles. The van der Waals surface area contributed by atoms with Gasteiger partial charge in [-0.3, -0.25) is 5.32 Å². The SMILES string of the molecule is CC(C)(C)OC(=O)Nc1cc(Oc2ccc(Nc3ncccc3C(=O)O)cc2Cl)ccn1. The maximum Gasteiger partial charge on any atom is 0.413 e. The summed E-state index contributed by atoms with van der Waals surface area (Å²) in [7, 11) is 0. The fraction of sp³-hybridized carbons (Fsp3) is 0.182. The van der Waals surface area contributed by atoms with Crippen LogP contribution in [0.5, 0.6) is 11.5 Å². The van der Waals surface area contributed by atoms with E-state index in [2.05, 4.69) is 20.6 Å². The lowest BCUT2D eigenvalue weighted by Crippen LogP contribution is -2.27. The van der Waals surface area contributed by atoms with E-state index in [-0.39, 0.29) is 22.2 Å². The van der Waals surface area contributed by atoms with E-state index in [9.17, 15) is 14.7 Å². The Labute approximate surface area is 189 Å². The lowest BCUT2D eigenvalue weighted by atomic mass is 10.2. The van der Waals surface area contributed by atoms with Gasteiger partial charge >= 0.3 is 12.1 Å². The zero-order valence-electron chi connectivity index (χ0n) is 17.5. The van der Waals surface area contributed by atoms with Crippen molar-refractivity contribution in [2.45, 2.75) is 26.4 Å². The standard InChI is InChI=1S/C22H21ClN4O5/c1-22(2,3)32-21(30)27-18-12-14(8-10-24-18)31-17-7-6-13(11-16(17)23)26-19-15(20(28)29)5-4-9-25-19/h4-12H,1-3H3,(H,25,26)(H,28,29)(H,24,27,30). The minimum atomic E-state index is -1.10. The van der Waals surface area contributed by atoms with Gasteiger partial charge in [0.05, 0.1) is 5.02 Å². The van der Waals surface area contributed by atoms with Crippen molar-refractivity contribution < 1.29 is 24.2 Å². The molecule has 1 aromatic carbocycles. The highest BCUT2D eigenvalue weighted by atomic mass is 35.5. The molecule has 0 atom stereocenters. The summed E-state index contributed by atoms with van der Waals surface area (Å²) in [4.78, 5) is 31.4. The second kappa shape index (κ2) is 9.52. The van der Waals surface area contributed by atoms with E-state index in [0.29, 0.717) is 17.2 Å². The van der Waals surface area contributed by atoms with Crippen LogP contribution in [0.2, 0.25) is 5.02 Å². The minimum absolute atomic E-state index is 0.0331. The molecular formula is C22H21ClN4O5. The fourth-order valence-electron chi connectivity index (χ4n) is 2.55. The number of carbonyl (C=O) groups is 2. The van der Waals surface area contributed by atoms with Crippen LogP contribution < -0.4 is 15.4 Å². The van der Waals surface area contributed by atoms with E-state index in [1.807, 2.05) is 0 Å². The Morgan fingerprint density at radius 1 is 1.06 bits per heavy atom. The first-order valence-corrected chi connectivity index (χ1v) is 9.87. The molecule has 0 spiro atoms. The second-order valence-corrected chi connectivity index (χ2v) is 7.99. The zero-order valence-corrected chi connectivity index (χ0v) is 18.3. The first-order chi connectivity index (χ1) is 15.1. The second-order valence-electron chi connectivity index (χ2n) is 7.58. The van der Waals surface area contributed by atoms with Crippen LogP contribution in [0.3, 0.4) is 0 Å². The van der Waals surface area contributed by atoms with E-state index in [0.717, 1.165) is 0 Å². The van der Waals surface area contributed by atoms with Crippen molar-refractivity contribution in [3.05, 3.63) is 65.4 Å². The highest BCUT2D eigenvalue weighted by Gasteiger charge is 2.17. The molecule has 3 N–H and O–H groups in total. The summed E-state index contributed by atoms with van der Waals surface area (Å²) in [5, 5.41) is 15.0. The molecule has 32 heavy (non-hydrogen) atoms. The zero-order chi connectivity index (χ0) is 23.3. The fourth-order valence-corrected chi connectivity index (χ4v) is 2.77. The number of carboxylic acid groups (broad SMARTS) is 1. The van der Waals surface area contributed by atoms with Crippen LogP contribution in [0.1, 0.15) is 31.1 Å². The van der Waals surface area contributed by atoms with E-state index in [1.165, 1.54) is 24.5 Å². The number of rotatable bonds is 6. The maximum absolute atomic E-state index is 11.9. The number of hydrogen-bond acceptors (Lipinski definition) is 7. The molecule has 0 aliphatic carbocycles. The Hall–Kier alpha value is -3.85. The molecule has 0 aliphatic heterocycles. The van der Waals surface area contributed by atoms with Gasteiger partial charge in [0.15, 0.2) is 0 Å². The lowest BCUT2D eigenvalue weighted by molar-refractivity contribution is 0.0633. The Bertz CT molecular complexity index is 1150. The van der Waals surface area contributed by atoms with Gasteiger partial charge in [0.25, 0.3) is 0 Å². The molecule has 3 aromatic rings. The molecule has 0 radical (unpaired) electrons. The number of nitrogens with one attached hydrogen (secondary N) is 2. The van der Waals surface area contributed by atoms with E-state index >= 15 is 0 Å². The molecule has 2 aromatic heterocycles. The third-order valence-corrected chi connectivity index (χ3v) is 4.12. The van der Waals surface area contributed by atoms with Gasteiger partial charge in [-0.25, -0.2) is 19.6 Å². The molecular weight excluding hydrogens is 436 g/mol. The van der Waals surface area contributed by atoms with Gasteiger partial charge in [-0.15, -0.1) is 0 Å². The average molecular weight is 457 g/mol. The third-order valence-electron chi connectivity index (χ3n) is 3.82. The van der Waals surface area contributed by atoms with Crippen molar-refractivity contribution in [2.24, 2.45) is 0 Å². The van der Waals surface area contributed by atoms with Crippen LogP contribution in [-0.4, -0.2) is 32.7 Å². The highest BCUT2D eigenvalue weighted by Crippen LogP contribution is 2.33. The van der Waals surface area contributed by atoms with Gasteiger partial charge < -0.3 is 19.9 Å². The van der Waals surface area contributed by atoms with Crippen LogP contribution in [0.4, 0.5) is 22.1 Å². The van der Waals surface area contributed by atoms with Gasteiger partial charge in [0.2, 0.25) is 0 Å². The summed E-state index contributed by atoms with van der Waals surface area (Å²) in [5.41, 5.74) is -0.0709. The smallest absolute Gasteiger partial charge is 0.413 e. The first kappa shape index (κ1) is 22.8. The van der Waals surface area contributed by atoms with Gasteiger partial charge in [-0.05, 0) is 57.2 Å². The molecule has 0 bridgehead atoms. The molecule has 1 amide bonds. The van der Waals surface area contributed by atoms with Crippen LogP contribution >= 0.6 is 11.6 Å². The summed E-state index contributed by atoms with van der Waals surface area (Å²) in [6.45, 7) is 5.28. The number of nitrogens with zero attached hydrogens (tertiary/aromatic N) is 2. The molecule has 166 valence electrons. The molecule has 9 nitrogen and oxygen atoms in total. The summed E-state index contributed by atoms with van der Waals surface area (Å²) in [6, 6.07) is 11.0. The number of amides is 1. The van der Waals surface area contributed by atoms with Gasteiger partial charge in [0, 0.05) is 24.1 Å². The monoisotopic (exact) mass is 456 g/mol. The number of aromatic carboxylic acids is 1. The van der Waals surface area contributed by atoms with Crippen molar-refractivity contribution in [3.63, 3.8) is 0 Å². The number of anilines is 3. The molecule has 0 fully saturated rings. The van der Waals surface area contributed by atoms with E-state index in [1.54, 1.807) is 51.1 Å². The van der Waals surface area contributed by atoms with Crippen LogP contribution in [0, 0.1) is 0 Å². The van der Waals surface area contributed by atoms with E-state index < -0.39 is 17.7 Å². The summed E-state index contributed by atoms with van der Waals surface area (Å²) in [6.07, 6.45) is 2.33. The summed E-state index contributed by atoms with van der Waals surface area (Å²) < 4.78 is 11.0. The van der Waals surface area contributed by atoms with Gasteiger partial charge in [-0.2, -0.15) is 0 Å². The number of pyridine rings is 2. The predicted octanol–water partition coefficient (Wildman–Crippen LogP) is 5.71. The Morgan fingerprint density at radius 3 is 2.53 bits per heavy atom. The Kier molecular flexibility index (Phi) is 6.79. The number of benzene rings is 1. The van der Waals surface area contributed by atoms with Crippen molar-refractivity contribution in [1.29, 1.82) is 0 Å². The average Bonchev–Trinajstić information content (AvgIpc) is 2.69. The number of halogens is 1. The first-order valence-electron chi connectivity index (χ1n) is 9.49. The summed E-state index contributed by atoms with van der Waals surface area (Å²) in [5.74, 6) is 0.0945. The van der Waals surface area contributed by atoms with Crippen molar-refractivity contribution >= 4 is 41.0 Å². The minimum Gasteiger partial charge on any atom is -0.478 e. The van der Waals surface area contributed by atoms with E-state index in [4.69, 9.17) is 21.1 Å². The van der Waals surface area contributed by atoms with Crippen molar-refractivity contribution in [2.75, 3.05) is 10.6 Å². The highest BCUT2D eigenvalue weighted by molar-refractivity contribution is 6.32. The van der Waals surface area contributed by atoms with Crippen LogP contribution in [-0.2, 0) is 4.74 Å². The summed E-state index contributed by atoms with van der Waals surface area (Å²) >= 11 is 6.34. The number of hydrogen-bond donors (Lipinski definition) is 3. The largest absolute Gasteiger partial charge is 0.478 e. The molecule has 3 rings (SSSR count). The quantitative estimate of drug-likeness (QED) is 0.431. The van der Waals surface area contributed by atoms with Crippen molar-refractivity contribution in [1.82, 2.24) is 9.97 Å². The predicted molar refractivity (Wildman–Crippen MR) is 120 cm³/mol. The van der Waals surface area contributed by atoms with Crippen LogP contribution in [0.25, 0.3) is 0 Å². The van der Waals surface area contributed by atoms with Crippen LogP contribution in [0.15, 0.2) is 54.9 Å². The van der Waals surface area contributed by atoms with Gasteiger partial charge in [0.1, 0.15) is 34.3 Å². The molecule has 0 saturated heterocycles. The third kappa shape index (κ3) is 6.32. The molecule has 0 unspecified atom stereocenters. The topological polar surface area (TPSA) is 123 Å². The number of ether oxygens (including phenoxy) is 2. The number of carboxylic acids is 1. The molecule has 10 heteroatoms. The van der Waals surface area contributed by atoms with Gasteiger partial charge in [-0.1, -0.05) is 11.6 Å². The maximum atomic E-state index is 11.9. The molecule has 0 aliphatic rings.